The Hall–Kier alpha value is -2.49. The van der Waals surface area contributed by atoms with Crippen molar-refractivity contribution in [2.24, 2.45) is 0 Å². The average molecular weight is 278 g/mol. The van der Waals surface area contributed by atoms with Gasteiger partial charge in [-0.3, -0.25) is 0 Å². The number of fused-ring (bicyclic) bond motifs is 1. The standard InChI is InChI=1S/C17H18N4/c1-2-11-21(10-1)17-5-3-4-16(20-17)19-14-7-6-13-8-9-18-15(13)12-14/h3-9,12,18H,1-2,10-11H2,(H,19,20). The number of benzene rings is 1. The molecule has 4 heteroatoms. The number of hydrogen-bond donors (Lipinski definition) is 2. The summed E-state index contributed by atoms with van der Waals surface area (Å²) < 4.78 is 0. The summed E-state index contributed by atoms with van der Waals surface area (Å²) in [5.74, 6) is 1.96. The van der Waals surface area contributed by atoms with Crippen molar-refractivity contribution in [3.05, 3.63) is 48.7 Å². The van der Waals surface area contributed by atoms with Gasteiger partial charge in [-0.2, -0.15) is 0 Å². The van der Waals surface area contributed by atoms with Crippen molar-refractivity contribution in [3.63, 3.8) is 0 Å². The number of hydrogen-bond acceptors (Lipinski definition) is 3. The first-order chi connectivity index (χ1) is 10.4. The van der Waals surface area contributed by atoms with Crippen LogP contribution in [0.2, 0.25) is 0 Å². The van der Waals surface area contributed by atoms with Gasteiger partial charge < -0.3 is 15.2 Å². The van der Waals surface area contributed by atoms with Gasteiger partial charge in [-0.15, -0.1) is 0 Å². The lowest BCUT2D eigenvalue weighted by Crippen LogP contribution is -2.19. The molecule has 2 N–H and O–H groups in total. The average Bonchev–Trinajstić information content (AvgIpc) is 3.18. The van der Waals surface area contributed by atoms with Crippen molar-refractivity contribution < 1.29 is 0 Å². The number of anilines is 3. The lowest BCUT2D eigenvalue weighted by molar-refractivity contribution is 0.939. The molecule has 0 saturated carbocycles. The van der Waals surface area contributed by atoms with E-state index in [4.69, 9.17) is 4.98 Å². The smallest absolute Gasteiger partial charge is 0.132 e. The molecule has 0 aliphatic carbocycles. The van der Waals surface area contributed by atoms with E-state index in [0.717, 1.165) is 35.9 Å². The predicted molar refractivity (Wildman–Crippen MR) is 87.3 cm³/mol. The molecule has 1 aliphatic rings. The molecule has 1 aliphatic heterocycles. The normalized spacial score (nSPS) is 14.8. The maximum atomic E-state index is 4.72. The molecule has 21 heavy (non-hydrogen) atoms. The molecule has 0 radical (unpaired) electrons. The van der Waals surface area contributed by atoms with E-state index in [1.807, 2.05) is 12.3 Å². The Morgan fingerprint density at radius 2 is 1.95 bits per heavy atom. The maximum Gasteiger partial charge on any atom is 0.132 e. The van der Waals surface area contributed by atoms with Gasteiger partial charge in [0.05, 0.1) is 0 Å². The Labute approximate surface area is 123 Å². The SMILES string of the molecule is c1cc(Nc2ccc3cc[nH]c3c2)nc(N2CCCC2)c1. The summed E-state index contributed by atoms with van der Waals surface area (Å²) in [6.45, 7) is 2.23. The zero-order valence-electron chi connectivity index (χ0n) is 11.8. The zero-order valence-corrected chi connectivity index (χ0v) is 11.8. The molecule has 1 saturated heterocycles. The van der Waals surface area contributed by atoms with Crippen LogP contribution in [-0.4, -0.2) is 23.1 Å². The highest BCUT2D eigenvalue weighted by Gasteiger charge is 2.13. The quantitative estimate of drug-likeness (QED) is 0.763. The highest BCUT2D eigenvalue weighted by atomic mass is 15.2. The number of rotatable bonds is 3. The van der Waals surface area contributed by atoms with Gasteiger partial charge >= 0.3 is 0 Å². The van der Waals surface area contributed by atoms with Gasteiger partial charge in [-0.1, -0.05) is 12.1 Å². The van der Waals surface area contributed by atoms with Crippen molar-refractivity contribution in [2.75, 3.05) is 23.3 Å². The molecule has 0 unspecified atom stereocenters. The van der Waals surface area contributed by atoms with Gasteiger partial charge in [-0.25, -0.2) is 4.98 Å². The number of pyridine rings is 1. The Bertz CT molecular complexity index is 756. The van der Waals surface area contributed by atoms with Crippen molar-refractivity contribution in [2.45, 2.75) is 12.8 Å². The number of aromatic nitrogens is 2. The molecule has 3 aromatic rings. The summed E-state index contributed by atoms with van der Waals surface area (Å²) in [4.78, 5) is 10.3. The van der Waals surface area contributed by atoms with Crippen LogP contribution in [0, 0.1) is 0 Å². The van der Waals surface area contributed by atoms with Crippen LogP contribution in [-0.2, 0) is 0 Å². The summed E-state index contributed by atoms with van der Waals surface area (Å²) in [5, 5.41) is 4.61. The second-order valence-corrected chi connectivity index (χ2v) is 5.48. The van der Waals surface area contributed by atoms with Gasteiger partial charge in [0.1, 0.15) is 11.6 Å². The number of nitrogens with one attached hydrogen (secondary N) is 2. The summed E-state index contributed by atoms with van der Waals surface area (Å²) in [7, 11) is 0. The maximum absolute atomic E-state index is 4.72. The Morgan fingerprint density at radius 3 is 2.86 bits per heavy atom. The molecule has 4 rings (SSSR count). The Morgan fingerprint density at radius 1 is 1.05 bits per heavy atom. The van der Waals surface area contributed by atoms with Crippen molar-refractivity contribution in [3.8, 4) is 0 Å². The number of H-pyrrole nitrogens is 1. The first-order valence-corrected chi connectivity index (χ1v) is 7.45. The van der Waals surface area contributed by atoms with Gasteiger partial charge in [0.15, 0.2) is 0 Å². The highest BCUT2D eigenvalue weighted by Crippen LogP contribution is 2.23. The first-order valence-electron chi connectivity index (χ1n) is 7.45. The van der Waals surface area contributed by atoms with Crippen LogP contribution in [0.15, 0.2) is 48.7 Å². The van der Waals surface area contributed by atoms with E-state index in [-0.39, 0.29) is 0 Å². The van der Waals surface area contributed by atoms with Crippen molar-refractivity contribution in [1.82, 2.24) is 9.97 Å². The van der Waals surface area contributed by atoms with E-state index in [1.54, 1.807) is 0 Å². The third kappa shape index (κ3) is 2.44. The van der Waals surface area contributed by atoms with Crippen molar-refractivity contribution in [1.29, 1.82) is 0 Å². The minimum atomic E-state index is 0.894. The molecule has 4 nitrogen and oxygen atoms in total. The van der Waals surface area contributed by atoms with E-state index >= 15 is 0 Å². The molecule has 1 aromatic carbocycles. The summed E-state index contributed by atoms with van der Waals surface area (Å²) in [6, 6.07) is 14.5. The summed E-state index contributed by atoms with van der Waals surface area (Å²) in [5.41, 5.74) is 2.19. The molecule has 0 atom stereocenters. The predicted octanol–water partition coefficient (Wildman–Crippen LogP) is 3.91. The lowest BCUT2D eigenvalue weighted by Gasteiger charge is -2.17. The first kappa shape index (κ1) is 12.3. The van der Waals surface area contributed by atoms with Crippen LogP contribution in [0.5, 0.6) is 0 Å². The second kappa shape index (κ2) is 5.13. The van der Waals surface area contributed by atoms with Crippen LogP contribution in [0.3, 0.4) is 0 Å². The van der Waals surface area contributed by atoms with Crippen LogP contribution >= 0.6 is 0 Å². The van der Waals surface area contributed by atoms with E-state index in [0.29, 0.717) is 0 Å². The van der Waals surface area contributed by atoms with Crippen LogP contribution in [0.4, 0.5) is 17.3 Å². The molecular weight excluding hydrogens is 260 g/mol. The van der Waals surface area contributed by atoms with Gasteiger partial charge in [0, 0.05) is 30.5 Å². The molecule has 0 amide bonds. The largest absolute Gasteiger partial charge is 0.361 e. The fraction of sp³-hybridized carbons (Fsp3) is 0.235. The van der Waals surface area contributed by atoms with E-state index in [1.165, 1.54) is 18.2 Å². The van der Waals surface area contributed by atoms with E-state index in [9.17, 15) is 0 Å². The van der Waals surface area contributed by atoms with E-state index < -0.39 is 0 Å². The topological polar surface area (TPSA) is 44.0 Å². The molecule has 1 fully saturated rings. The Balaban J connectivity index is 1.59. The minimum absolute atomic E-state index is 0.894. The van der Waals surface area contributed by atoms with Gasteiger partial charge in [-0.05, 0) is 48.6 Å². The van der Waals surface area contributed by atoms with E-state index in [2.05, 4.69) is 51.6 Å². The van der Waals surface area contributed by atoms with Crippen LogP contribution in [0.1, 0.15) is 12.8 Å². The minimum Gasteiger partial charge on any atom is -0.361 e. The number of aromatic amines is 1. The summed E-state index contributed by atoms with van der Waals surface area (Å²) in [6.07, 6.45) is 4.49. The lowest BCUT2D eigenvalue weighted by atomic mass is 10.2. The van der Waals surface area contributed by atoms with Gasteiger partial charge in [0.25, 0.3) is 0 Å². The van der Waals surface area contributed by atoms with Crippen LogP contribution < -0.4 is 10.2 Å². The van der Waals surface area contributed by atoms with Gasteiger partial charge in [0.2, 0.25) is 0 Å². The molecule has 106 valence electrons. The third-order valence-corrected chi connectivity index (χ3v) is 3.99. The molecule has 0 spiro atoms. The van der Waals surface area contributed by atoms with Crippen molar-refractivity contribution >= 4 is 28.2 Å². The highest BCUT2D eigenvalue weighted by molar-refractivity contribution is 5.83. The summed E-state index contributed by atoms with van der Waals surface area (Å²) >= 11 is 0. The monoisotopic (exact) mass is 278 g/mol. The van der Waals surface area contributed by atoms with Crippen LogP contribution in [0.25, 0.3) is 10.9 Å². The second-order valence-electron chi connectivity index (χ2n) is 5.48. The molecule has 0 bridgehead atoms. The molecule has 3 heterocycles. The number of nitrogens with zero attached hydrogens (tertiary/aromatic N) is 2. The molecular formula is C17H18N4. The molecule has 2 aromatic heterocycles. The third-order valence-electron chi connectivity index (χ3n) is 3.99. The fourth-order valence-corrected chi connectivity index (χ4v) is 2.89. The zero-order chi connectivity index (χ0) is 14.1. The Kier molecular flexibility index (Phi) is 2.99. The fourth-order valence-electron chi connectivity index (χ4n) is 2.89.